The number of rotatable bonds is 5. The Kier molecular flexibility index (Phi) is 4.86. The highest BCUT2D eigenvalue weighted by Crippen LogP contribution is 2.39. The van der Waals surface area contributed by atoms with Gasteiger partial charge in [-0.3, -0.25) is 4.98 Å². The molecule has 2 aromatic carbocycles. The van der Waals surface area contributed by atoms with Gasteiger partial charge in [-0.25, -0.2) is 0 Å². The summed E-state index contributed by atoms with van der Waals surface area (Å²) >= 11 is 12.8. The van der Waals surface area contributed by atoms with Crippen molar-refractivity contribution in [3.8, 4) is 11.3 Å². The van der Waals surface area contributed by atoms with E-state index >= 15 is 0 Å². The first-order chi connectivity index (χ1) is 12.7. The summed E-state index contributed by atoms with van der Waals surface area (Å²) in [4.78, 5) is 8.03. The Morgan fingerprint density at radius 1 is 1.04 bits per heavy atom. The van der Waals surface area contributed by atoms with Gasteiger partial charge in [-0.2, -0.15) is 0 Å². The number of hydrogen-bond donors (Lipinski definition) is 2. The third kappa shape index (κ3) is 3.07. The number of unbranched alkanes of at least 4 members (excludes halogenated alkanes) is 1. The predicted molar refractivity (Wildman–Crippen MR) is 111 cm³/mol. The van der Waals surface area contributed by atoms with Gasteiger partial charge in [0.1, 0.15) is 0 Å². The molecule has 0 saturated heterocycles. The molecule has 0 aliphatic heterocycles. The third-order valence-corrected chi connectivity index (χ3v) is 5.23. The van der Waals surface area contributed by atoms with Crippen molar-refractivity contribution in [2.24, 2.45) is 5.73 Å². The largest absolute Gasteiger partial charge is 0.354 e. The summed E-state index contributed by atoms with van der Waals surface area (Å²) < 4.78 is 0. The van der Waals surface area contributed by atoms with E-state index in [0.717, 1.165) is 52.3 Å². The lowest BCUT2D eigenvalue weighted by Crippen LogP contribution is -1.99. The van der Waals surface area contributed by atoms with E-state index in [1.807, 2.05) is 30.5 Å². The molecule has 4 rings (SSSR count). The first-order valence-electron chi connectivity index (χ1n) is 8.73. The molecule has 2 aromatic heterocycles. The minimum Gasteiger partial charge on any atom is -0.354 e. The maximum atomic E-state index is 6.56. The average molecular weight is 384 g/mol. The second-order valence-corrected chi connectivity index (χ2v) is 7.25. The fourth-order valence-corrected chi connectivity index (χ4v) is 4.17. The molecule has 5 heteroatoms. The van der Waals surface area contributed by atoms with Crippen LogP contribution in [0.4, 0.5) is 0 Å². The monoisotopic (exact) mass is 383 g/mol. The molecule has 0 unspecified atom stereocenters. The number of hydrogen-bond acceptors (Lipinski definition) is 2. The second-order valence-electron chi connectivity index (χ2n) is 6.41. The molecule has 0 aliphatic rings. The molecule has 3 N–H and O–H groups in total. The summed E-state index contributed by atoms with van der Waals surface area (Å²) in [7, 11) is 0. The van der Waals surface area contributed by atoms with Crippen molar-refractivity contribution in [3.05, 3.63) is 64.3 Å². The van der Waals surface area contributed by atoms with E-state index in [-0.39, 0.29) is 0 Å². The van der Waals surface area contributed by atoms with Crippen LogP contribution in [-0.2, 0) is 6.42 Å². The van der Waals surface area contributed by atoms with Gasteiger partial charge in [0.05, 0.1) is 16.2 Å². The number of aryl methyl sites for hydroxylation is 1. The van der Waals surface area contributed by atoms with E-state index in [1.54, 1.807) is 6.07 Å². The molecular weight excluding hydrogens is 365 g/mol. The van der Waals surface area contributed by atoms with Crippen LogP contribution in [0.15, 0.2) is 48.7 Å². The molecule has 0 amide bonds. The van der Waals surface area contributed by atoms with E-state index in [0.29, 0.717) is 16.6 Å². The van der Waals surface area contributed by atoms with Gasteiger partial charge in [0, 0.05) is 33.1 Å². The van der Waals surface area contributed by atoms with Crippen LogP contribution in [0.1, 0.15) is 18.4 Å². The molecule has 0 radical (unpaired) electrons. The van der Waals surface area contributed by atoms with Crippen molar-refractivity contribution in [2.45, 2.75) is 19.3 Å². The maximum Gasteiger partial charge on any atom is 0.0708 e. The zero-order valence-electron chi connectivity index (χ0n) is 14.2. The average Bonchev–Trinajstić information content (AvgIpc) is 3.00. The van der Waals surface area contributed by atoms with Crippen LogP contribution in [0.25, 0.3) is 33.1 Å². The second kappa shape index (κ2) is 7.28. The number of nitrogens with one attached hydrogen (secondary N) is 1. The summed E-state index contributed by atoms with van der Waals surface area (Å²) in [6.07, 6.45) is 4.72. The highest BCUT2D eigenvalue weighted by atomic mass is 35.5. The fourth-order valence-electron chi connectivity index (χ4n) is 3.56. The quantitative estimate of drug-likeness (QED) is 0.417. The number of benzene rings is 2. The van der Waals surface area contributed by atoms with Gasteiger partial charge >= 0.3 is 0 Å². The molecule has 4 aromatic rings. The van der Waals surface area contributed by atoms with E-state index in [9.17, 15) is 0 Å². The molecule has 3 nitrogen and oxygen atoms in total. The maximum absolute atomic E-state index is 6.56. The zero-order chi connectivity index (χ0) is 18.1. The lowest BCUT2D eigenvalue weighted by Gasteiger charge is -2.09. The number of aromatic amines is 1. The van der Waals surface area contributed by atoms with Crippen LogP contribution in [0, 0.1) is 0 Å². The Morgan fingerprint density at radius 2 is 1.92 bits per heavy atom. The van der Waals surface area contributed by atoms with Crippen LogP contribution < -0.4 is 5.73 Å². The summed E-state index contributed by atoms with van der Waals surface area (Å²) in [6.45, 7) is 0.690. The Morgan fingerprint density at radius 3 is 2.77 bits per heavy atom. The van der Waals surface area contributed by atoms with Crippen molar-refractivity contribution in [2.75, 3.05) is 6.54 Å². The molecule has 0 aliphatic carbocycles. The molecule has 132 valence electrons. The van der Waals surface area contributed by atoms with Gasteiger partial charge in [-0.05, 0) is 55.6 Å². The number of fused-ring (bicyclic) bond motifs is 2. The van der Waals surface area contributed by atoms with E-state index < -0.39 is 0 Å². The molecule has 0 atom stereocenters. The normalized spacial score (nSPS) is 11.5. The van der Waals surface area contributed by atoms with Crippen LogP contribution >= 0.6 is 23.2 Å². The standard InChI is InChI=1S/C21H19Cl2N3/c22-13-11-17(23)20-16(5-1-2-9-24)21(26-19(20)12-13)15-6-3-8-18-14(15)7-4-10-25-18/h3-4,6-8,10-12,26H,1-2,5,9,24H2. The lowest BCUT2D eigenvalue weighted by atomic mass is 9.98. The van der Waals surface area contributed by atoms with Gasteiger partial charge in [-0.1, -0.05) is 41.4 Å². The molecule has 0 fully saturated rings. The number of aromatic nitrogens is 2. The highest BCUT2D eigenvalue weighted by Gasteiger charge is 2.17. The smallest absolute Gasteiger partial charge is 0.0708 e. The first-order valence-corrected chi connectivity index (χ1v) is 9.48. The number of halogens is 2. The van der Waals surface area contributed by atoms with Crippen molar-refractivity contribution in [1.29, 1.82) is 0 Å². The molecule has 0 saturated carbocycles. The molecule has 0 bridgehead atoms. The van der Waals surface area contributed by atoms with Crippen molar-refractivity contribution in [3.63, 3.8) is 0 Å². The van der Waals surface area contributed by atoms with Crippen LogP contribution in [0.5, 0.6) is 0 Å². The van der Waals surface area contributed by atoms with Crippen molar-refractivity contribution >= 4 is 45.0 Å². The number of nitrogens with two attached hydrogens (primary N) is 1. The predicted octanol–water partition coefficient (Wildman–Crippen LogP) is 5.97. The van der Waals surface area contributed by atoms with Crippen LogP contribution in [0.2, 0.25) is 10.0 Å². The Balaban J connectivity index is 1.98. The fraction of sp³-hybridized carbons (Fsp3) is 0.190. The van der Waals surface area contributed by atoms with Gasteiger partial charge in [0.25, 0.3) is 0 Å². The van der Waals surface area contributed by atoms with Gasteiger partial charge < -0.3 is 10.7 Å². The number of nitrogens with zero attached hydrogens (tertiary/aromatic N) is 1. The van der Waals surface area contributed by atoms with Gasteiger partial charge in [-0.15, -0.1) is 0 Å². The van der Waals surface area contributed by atoms with Gasteiger partial charge in [0.15, 0.2) is 0 Å². The first kappa shape index (κ1) is 17.3. The van der Waals surface area contributed by atoms with Crippen molar-refractivity contribution < 1.29 is 0 Å². The van der Waals surface area contributed by atoms with Crippen molar-refractivity contribution in [1.82, 2.24) is 9.97 Å². The highest BCUT2D eigenvalue weighted by molar-refractivity contribution is 6.39. The van der Waals surface area contributed by atoms with Gasteiger partial charge in [0.2, 0.25) is 0 Å². The number of H-pyrrole nitrogens is 1. The Hall–Kier alpha value is -2.07. The molecule has 0 spiro atoms. The SMILES string of the molecule is NCCCCc1c(-c2cccc3ncccc23)[nH]c2cc(Cl)cc(Cl)c12. The molecule has 26 heavy (non-hydrogen) atoms. The van der Waals surface area contributed by atoms with E-state index in [4.69, 9.17) is 28.9 Å². The Bertz CT molecular complexity index is 1080. The summed E-state index contributed by atoms with van der Waals surface area (Å²) in [5.74, 6) is 0. The van der Waals surface area contributed by atoms with E-state index in [2.05, 4.69) is 22.1 Å². The topological polar surface area (TPSA) is 54.7 Å². The van der Waals surface area contributed by atoms with Crippen LogP contribution in [-0.4, -0.2) is 16.5 Å². The van der Waals surface area contributed by atoms with Crippen LogP contribution in [0.3, 0.4) is 0 Å². The minimum absolute atomic E-state index is 0.628. The Labute approximate surface area is 162 Å². The van der Waals surface area contributed by atoms with E-state index in [1.165, 1.54) is 5.56 Å². The summed E-state index contributed by atoms with van der Waals surface area (Å²) in [5.41, 5.74) is 11.1. The third-order valence-electron chi connectivity index (χ3n) is 4.71. The summed E-state index contributed by atoms with van der Waals surface area (Å²) in [6, 6.07) is 14.0. The lowest BCUT2D eigenvalue weighted by molar-refractivity contribution is 0.748. The molecule has 2 heterocycles. The minimum atomic E-state index is 0.628. The number of pyridine rings is 1. The zero-order valence-corrected chi connectivity index (χ0v) is 15.7. The summed E-state index contributed by atoms with van der Waals surface area (Å²) in [5, 5.41) is 3.47. The molecular formula is C21H19Cl2N3.